The van der Waals surface area contributed by atoms with Crippen LogP contribution in [-0.4, -0.2) is 0 Å². The lowest BCUT2D eigenvalue weighted by Gasteiger charge is -2.33. The van der Waals surface area contributed by atoms with Crippen molar-refractivity contribution in [1.82, 2.24) is 0 Å². The van der Waals surface area contributed by atoms with Crippen LogP contribution in [0.2, 0.25) is 0 Å². The number of hydrogen-bond donors (Lipinski definition) is 0. The molecule has 0 N–H and O–H groups in total. The van der Waals surface area contributed by atoms with Crippen molar-refractivity contribution in [2.75, 3.05) is 4.90 Å². The molecule has 60 heavy (non-hydrogen) atoms. The number of fused-ring (bicyclic) bond motifs is 12. The van der Waals surface area contributed by atoms with Crippen molar-refractivity contribution in [3.8, 4) is 55.6 Å². The Hall–Kier alpha value is -7.74. The minimum Gasteiger partial charge on any atom is -0.310 e. The van der Waals surface area contributed by atoms with Crippen molar-refractivity contribution in [1.29, 1.82) is 0 Å². The van der Waals surface area contributed by atoms with E-state index in [1.54, 1.807) is 0 Å². The van der Waals surface area contributed by atoms with Crippen LogP contribution in [0.1, 0.15) is 22.3 Å². The molecule has 10 aromatic carbocycles. The van der Waals surface area contributed by atoms with E-state index in [9.17, 15) is 0 Å². The molecule has 0 fully saturated rings. The maximum Gasteiger partial charge on any atom is 0.0726 e. The fourth-order valence-corrected chi connectivity index (χ4v) is 10.4. The normalized spacial score (nSPS) is 14.4. The van der Waals surface area contributed by atoms with Crippen molar-refractivity contribution < 1.29 is 0 Å². The van der Waals surface area contributed by atoms with Gasteiger partial charge in [-0.3, -0.25) is 0 Å². The van der Waals surface area contributed by atoms with Gasteiger partial charge in [0.1, 0.15) is 0 Å². The highest BCUT2D eigenvalue weighted by molar-refractivity contribution is 6.12. The first-order valence-electron chi connectivity index (χ1n) is 20.8. The van der Waals surface area contributed by atoms with Crippen LogP contribution < -0.4 is 4.90 Å². The van der Waals surface area contributed by atoms with Crippen LogP contribution in [0, 0.1) is 0 Å². The van der Waals surface area contributed by atoms with Crippen molar-refractivity contribution in [3.05, 3.63) is 259 Å². The summed E-state index contributed by atoms with van der Waals surface area (Å²) < 4.78 is 0. The van der Waals surface area contributed by atoms with Gasteiger partial charge in [0.25, 0.3) is 0 Å². The number of nitrogens with zero attached hydrogens (tertiary/aromatic N) is 1. The van der Waals surface area contributed by atoms with Gasteiger partial charge < -0.3 is 4.90 Å². The molecule has 1 nitrogen and oxygen atoms in total. The second kappa shape index (κ2) is 13.7. The molecule has 0 saturated heterocycles. The van der Waals surface area contributed by atoms with E-state index in [2.05, 4.69) is 241 Å². The quantitative estimate of drug-likeness (QED) is 0.163. The summed E-state index contributed by atoms with van der Waals surface area (Å²) in [6.07, 6.45) is 0. The zero-order chi connectivity index (χ0) is 39.6. The SMILES string of the molecule is c1ccc(-c2ccc(N(c3ccc(-c4ccccc4)cc3)c3cc4c(c5ccccc35)-c3ccccc3C43c4ccccc4-c4c(-c5ccccc5)cccc43)cc2)cc1. The molecule has 280 valence electrons. The van der Waals surface area contributed by atoms with Crippen LogP contribution in [0.25, 0.3) is 66.4 Å². The molecule has 0 bridgehead atoms. The molecule has 1 unspecified atom stereocenters. The van der Waals surface area contributed by atoms with E-state index >= 15 is 0 Å². The molecular formula is C59H39N. The zero-order valence-corrected chi connectivity index (χ0v) is 33.0. The first-order valence-corrected chi connectivity index (χ1v) is 20.8. The van der Waals surface area contributed by atoms with Gasteiger partial charge >= 0.3 is 0 Å². The average molecular weight is 762 g/mol. The third kappa shape index (κ3) is 5.06. The number of benzene rings is 10. The highest BCUT2D eigenvalue weighted by Gasteiger charge is 2.53. The minimum atomic E-state index is -0.526. The standard InChI is InChI=1S/C59H39N/c1-4-17-40(18-5-1)42-31-35-45(36-32-42)60(46-37-33-43(34-38-46)41-19-6-2-7-20-41)56-39-55-58(49-24-11-10-23-48(49)56)51-26-13-15-29-53(51)59(55)52-28-14-12-25-50(52)57-47(27-16-30-54(57)59)44-21-8-3-9-22-44/h1-39H. The molecule has 10 aromatic rings. The number of anilines is 3. The Morgan fingerprint density at radius 2 is 0.683 bits per heavy atom. The maximum absolute atomic E-state index is 2.54. The highest BCUT2D eigenvalue weighted by Crippen LogP contribution is 2.66. The van der Waals surface area contributed by atoms with Gasteiger partial charge in [-0.2, -0.15) is 0 Å². The summed E-state index contributed by atoms with van der Waals surface area (Å²) in [7, 11) is 0. The van der Waals surface area contributed by atoms with Crippen LogP contribution in [0.4, 0.5) is 17.1 Å². The molecule has 0 aromatic heterocycles. The van der Waals surface area contributed by atoms with E-state index in [1.807, 2.05) is 0 Å². The number of rotatable bonds is 6. The smallest absolute Gasteiger partial charge is 0.0726 e. The largest absolute Gasteiger partial charge is 0.310 e. The Bertz CT molecular complexity index is 3140. The third-order valence-electron chi connectivity index (χ3n) is 12.9. The van der Waals surface area contributed by atoms with Gasteiger partial charge in [-0.15, -0.1) is 0 Å². The van der Waals surface area contributed by atoms with Crippen LogP contribution in [0.15, 0.2) is 237 Å². The molecule has 0 saturated carbocycles. The van der Waals surface area contributed by atoms with Crippen LogP contribution >= 0.6 is 0 Å². The van der Waals surface area contributed by atoms with Gasteiger partial charge in [-0.25, -0.2) is 0 Å². The third-order valence-corrected chi connectivity index (χ3v) is 12.9. The summed E-state index contributed by atoms with van der Waals surface area (Å²) >= 11 is 0. The van der Waals surface area contributed by atoms with Gasteiger partial charge in [-0.05, 0) is 114 Å². The van der Waals surface area contributed by atoms with E-state index < -0.39 is 5.41 Å². The summed E-state index contributed by atoms with van der Waals surface area (Å²) in [4.78, 5) is 2.48. The topological polar surface area (TPSA) is 3.24 Å². The predicted octanol–water partition coefficient (Wildman–Crippen LogP) is 15.7. The van der Waals surface area contributed by atoms with Gasteiger partial charge in [-0.1, -0.05) is 206 Å². The van der Waals surface area contributed by atoms with Crippen molar-refractivity contribution in [2.45, 2.75) is 5.41 Å². The molecule has 2 aliphatic rings. The molecule has 0 aliphatic heterocycles. The average Bonchev–Trinajstić information content (AvgIpc) is 3.80. The summed E-state index contributed by atoms with van der Waals surface area (Å²) in [5.74, 6) is 0. The molecule has 0 amide bonds. The highest BCUT2D eigenvalue weighted by atomic mass is 15.1. The van der Waals surface area contributed by atoms with Crippen molar-refractivity contribution >= 4 is 27.8 Å². The molecular weight excluding hydrogens is 723 g/mol. The van der Waals surface area contributed by atoms with E-state index in [1.165, 1.54) is 88.7 Å². The van der Waals surface area contributed by atoms with E-state index in [-0.39, 0.29) is 0 Å². The lowest BCUT2D eigenvalue weighted by atomic mass is 9.70. The Balaban J connectivity index is 1.15. The molecule has 1 heteroatoms. The molecule has 0 heterocycles. The van der Waals surface area contributed by atoms with Crippen molar-refractivity contribution in [3.63, 3.8) is 0 Å². The van der Waals surface area contributed by atoms with Gasteiger partial charge in [0.05, 0.1) is 11.1 Å². The summed E-state index contributed by atoms with van der Waals surface area (Å²) in [6, 6.07) is 87.3. The first-order chi connectivity index (χ1) is 29.8. The van der Waals surface area contributed by atoms with E-state index in [0.717, 1.165) is 17.1 Å². The van der Waals surface area contributed by atoms with Crippen LogP contribution in [0.3, 0.4) is 0 Å². The predicted molar refractivity (Wildman–Crippen MR) is 251 cm³/mol. The Labute approximate surface area is 351 Å². The minimum absolute atomic E-state index is 0.526. The second-order valence-corrected chi connectivity index (χ2v) is 16.0. The Kier molecular flexibility index (Phi) is 7.83. The molecule has 0 radical (unpaired) electrons. The molecule has 1 spiro atoms. The maximum atomic E-state index is 2.54. The molecule has 1 atom stereocenters. The van der Waals surface area contributed by atoms with Gasteiger partial charge in [0.15, 0.2) is 0 Å². The van der Waals surface area contributed by atoms with Gasteiger partial charge in [0.2, 0.25) is 0 Å². The van der Waals surface area contributed by atoms with E-state index in [0.29, 0.717) is 0 Å². The monoisotopic (exact) mass is 761 g/mol. The van der Waals surface area contributed by atoms with Gasteiger partial charge in [0, 0.05) is 16.8 Å². The zero-order valence-electron chi connectivity index (χ0n) is 33.0. The first kappa shape index (κ1) is 34.3. The second-order valence-electron chi connectivity index (χ2n) is 16.0. The summed E-state index contributed by atoms with van der Waals surface area (Å²) in [5, 5.41) is 2.47. The Morgan fingerprint density at radius 3 is 1.25 bits per heavy atom. The van der Waals surface area contributed by atoms with Crippen LogP contribution in [0.5, 0.6) is 0 Å². The summed E-state index contributed by atoms with van der Waals surface area (Å²) in [5.41, 5.74) is 20.7. The lowest BCUT2D eigenvalue weighted by molar-refractivity contribution is 0.794. The fourth-order valence-electron chi connectivity index (χ4n) is 10.4. The van der Waals surface area contributed by atoms with Crippen LogP contribution in [-0.2, 0) is 5.41 Å². The lowest BCUT2D eigenvalue weighted by Crippen LogP contribution is -2.26. The van der Waals surface area contributed by atoms with Crippen molar-refractivity contribution in [2.24, 2.45) is 0 Å². The molecule has 2 aliphatic carbocycles. The van der Waals surface area contributed by atoms with E-state index in [4.69, 9.17) is 0 Å². The number of hydrogen-bond acceptors (Lipinski definition) is 1. The Morgan fingerprint density at radius 1 is 0.267 bits per heavy atom. The fraction of sp³-hybridized carbons (Fsp3) is 0.0169. The summed E-state index contributed by atoms with van der Waals surface area (Å²) in [6.45, 7) is 0. The molecule has 12 rings (SSSR count).